The van der Waals surface area contributed by atoms with Crippen molar-refractivity contribution >= 4 is 21.4 Å². The second kappa shape index (κ2) is 4.33. The summed E-state index contributed by atoms with van der Waals surface area (Å²) in [6, 6.07) is 8.64. The molecule has 0 spiro atoms. The van der Waals surface area contributed by atoms with E-state index in [1.165, 1.54) is 41.3 Å². The van der Waals surface area contributed by atoms with Gasteiger partial charge in [0.15, 0.2) is 0 Å². The van der Waals surface area contributed by atoms with Crippen LogP contribution in [0.3, 0.4) is 0 Å². The summed E-state index contributed by atoms with van der Waals surface area (Å²) in [6.07, 6.45) is 7.44. The molecule has 5 rings (SSSR count). The Morgan fingerprint density at radius 1 is 1.19 bits per heavy atom. The van der Waals surface area contributed by atoms with Gasteiger partial charge in [0.05, 0.1) is 5.60 Å². The molecule has 0 amide bonds. The molecule has 3 aliphatic rings. The van der Waals surface area contributed by atoms with E-state index < -0.39 is 5.60 Å². The first-order chi connectivity index (χ1) is 10.2. The van der Waals surface area contributed by atoms with E-state index in [0.29, 0.717) is 5.92 Å². The van der Waals surface area contributed by atoms with Crippen LogP contribution in [0.1, 0.15) is 37.7 Å². The van der Waals surface area contributed by atoms with E-state index in [1.807, 2.05) is 11.3 Å². The lowest BCUT2D eigenvalue weighted by atomic mass is 9.71. The molecule has 2 bridgehead atoms. The Hall–Kier alpha value is -0.860. The van der Waals surface area contributed by atoms with Gasteiger partial charge in [-0.2, -0.15) is 0 Å². The largest absolute Gasteiger partial charge is 0.389 e. The van der Waals surface area contributed by atoms with Crippen LogP contribution in [0.25, 0.3) is 10.1 Å². The van der Waals surface area contributed by atoms with E-state index in [0.717, 1.165) is 30.6 Å². The molecule has 1 heterocycles. The minimum absolute atomic E-state index is 0.417. The van der Waals surface area contributed by atoms with Gasteiger partial charge in [-0.15, -0.1) is 11.3 Å². The van der Waals surface area contributed by atoms with Crippen LogP contribution < -0.4 is 0 Å². The molecule has 0 aliphatic heterocycles. The summed E-state index contributed by atoms with van der Waals surface area (Å²) in [6.45, 7) is 0. The molecule has 1 nitrogen and oxygen atoms in total. The molecule has 21 heavy (non-hydrogen) atoms. The fourth-order valence-corrected chi connectivity index (χ4v) is 6.90. The predicted molar refractivity (Wildman–Crippen MR) is 87.5 cm³/mol. The van der Waals surface area contributed by atoms with Crippen molar-refractivity contribution in [1.82, 2.24) is 0 Å². The van der Waals surface area contributed by atoms with Crippen molar-refractivity contribution < 1.29 is 5.11 Å². The quantitative estimate of drug-likeness (QED) is 0.857. The second-order valence-corrected chi connectivity index (χ2v) is 8.51. The normalized spacial score (nSPS) is 41.0. The zero-order chi connectivity index (χ0) is 14.0. The molecular formula is C19H22OS. The van der Waals surface area contributed by atoms with Gasteiger partial charge in [-0.3, -0.25) is 0 Å². The van der Waals surface area contributed by atoms with Gasteiger partial charge >= 0.3 is 0 Å². The van der Waals surface area contributed by atoms with Crippen molar-refractivity contribution in [1.29, 1.82) is 0 Å². The van der Waals surface area contributed by atoms with E-state index in [4.69, 9.17) is 0 Å². The van der Waals surface area contributed by atoms with E-state index in [9.17, 15) is 5.11 Å². The number of hydrogen-bond acceptors (Lipinski definition) is 2. The number of benzene rings is 1. The molecule has 2 heteroatoms. The van der Waals surface area contributed by atoms with Gasteiger partial charge in [0.25, 0.3) is 0 Å². The van der Waals surface area contributed by atoms with Crippen LogP contribution in [0.5, 0.6) is 0 Å². The molecular weight excluding hydrogens is 276 g/mol. The molecule has 1 aromatic carbocycles. The van der Waals surface area contributed by atoms with Gasteiger partial charge in [0.1, 0.15) is 0 Å². The summed E-state index contributed by atoms with van der Waals surface area (Å²) < 4.78 is 1.36. The number of thiophene rings is 1. The molecule has 1 aromatic heterocycles. The lowest BCUT2D eigenvalue weighted by Crippen LogP contribution is -2.43. The fraction of sp³-hybridized carbons (Fsp3) is 0.579. The monoisotopic (exact) mass is 298 g/mol. The SMILES string of the molecule is OC1(Cc2csc3ccccc23)CC2CC1C1CCCC21. The maximum absolute atomic E-state index is 11.4. The van der Waals surface area contributed by atoms with Crippen molar-refractivity contribution in [2.24, 2.45) is 23.7 Å². The van der Waals surface area contributed by atoms with Crippen LogP contribution in [0.15, 0.2) is 29.6 Å². The third-order valence-electron chi connectivity index (χ3n) is 6.67. The molecule has 5 atom stereocenters. The average molecular weight is 298 g/mol. The topological polar surface area (TPSA) is 20.2 Å². The van der Waals surface area contributed by atoms with Gasteiger partial charge in [-0.1, -0.05) is 24.6 Å². The van der Waals surface area contributed by atoms with Crippen molar-refractivity contribution in [3.8, 4) is 0 Å². The maximum Gasteiger partial charge on any atom is 0.0722 e. The first-order valence-electron chi connectivity index (χ1n) is 8.42. The summed E-state index contributed by atoms with van der Waals surface area (Å²) in [7, 11) is 0. The van der Waals surface area contributed by atoms with E-state index >= 15 is 0 Å². The Kier molecular flexibility index (Phi) is 2.61. The Bertz CT molecular complexity index is 690. The van der Waals surface area contributed by atoms with Crippen LogP contribution in [0, 0.1) is 23.7 Å². The number of fused-ring (bicyclic) bond motifs is 6. The minimum Gasteiger partial charge on any atom is -0.389 e. The van der Waals surface area contributed by atoms with E-state index in [-0.39, 0.29) is 0 Å². The lowest BCUT2D eigenvalue weighted by Gasteiger charge is -2.39. The minimum atomic E-state index is -0.417. The maximum atomic E-state index is 11.4. The summed E-state index contributed by atoms with van der Waals surface area (Å²) >= 11 is 1.82. The lowest BCUT2D eigenvalue weighted by molar-refractivity contribution is -0.0447. The molecule has 5 unspecified atom stereocenters. The molecule has 1 N–H and O–H groups in total. The molecule has 0 saturated heterocycles. The molecule has 3 fully saturated rings. The van der Waals surface area contributed by atoms with Crippen molar-refractivity contribution in [2.45, 2.75) is 44.1 Å². The third kappa shape index (κ3) is 1.72. The van der Waals surface area contributed by atoms with Crippen LogP contribution in [0.2, 0.25) is 0 Å². The zero-order valence-electron chi connectivity index (χ0n) is 12.3. The van der Waals surface area contributed by atoms with Gasteiger partial charge < -0.3 is 5.11 Å². The average Bonchev–Trinajstić information content (AvgIpc) is 3.20. The van der Waals surface area contributed by atoms with Crippen LogP contribution in [-0.2, 0) is 6.42 Å². The zero-order valence-corrected chi connectivity index (χ0v) is 13.1. The van der Waals surface area contributed by atoms with Gasteiger partial charge in [-0.05, 0) is 71.8 Å². The third-order valence-corrected chi connectivity index (χ3v) is 7.68. The van der Waals surface area contributed by atoms with Crippen LogP contribution >= 0.6 is 11.3 Å². The molecule has 110 valence electrons. The first kappa shape index (κ1) is 12.7. The number of rotatable bonds is 2. The Morgan fingerprint density at radius 3 is 3.00 bits per heavy atom. The Balaban J connectivity index is 1.48. The molecule has 3 saturated carbocycles. The summed E-state index contributed by atoms with van der Waals surface area (Å²) in [5.41, 5.74) is 0.959. The number of hydrogen-bond donors (Lipinski definition) is 1. The number of aliphatic hydroxyl groups is 1. The van der Waals surface area contributed by atoms with Gasteiger partial charge in [0.2, 0.25) is 0 Å². The highest BCUT2D eigenvalue weighted by Gasteiger charge is 2.60. The fourth-order valence-electron chi connectivity index (χ4n) is 5.94. The van der Waals surface area contributed by atoms with Gasteiger partial charge in [0, 0.05) is 11.1 Å². The van der Waals surface area contributed by atoms with Crippen molar-refractivity contribution in [2.75, 3.05) is 0 Å². The summed E-state index contributed by atoms with van der Waals surface area (Å²) in [4.78, 5) is 0. The van der Waals surface area contributed by atoms with Gasteiger partial charge in [-0.25, -0.2) is 0 Å². The smallest absolute Gasteiger partial charge is 0.0722 e. The van der Waals surface area contributed by atoms with E-state index in [1.54, 1.807) is 0 Å². The highest BCUT2D eigenvalue weighted by Crippen LogP contribution is 2.63. The highest BCUT2D eigenvalue weighted by atomic mass is 32.1. The van der Waals surface area contributed by atoms with Crippen LogP contribution in [-0.4, -0.2) is 10.7 Å². The van der Waals surface area contributed by atoms with Crippen molar-refractivity contribution in [3.63, 3.8) is 0 Å². The standard InChI is InChI=1S/C19H22OS/c20-19(9-12-8-17(19)16-6-3-5-14(12)16)10-13-11-21-18-7-2-1-4-15(13)18/h1-2,4,7,11-12,14,16-17,20H,3,5-6,8-10H2. The highest BCUT2D eigenvalue weighted by molar-refractivity contribution is 7.17. The Morgan fingerprint density at radius 2 is 2.05 bits per heavy atom. The van der Waals surface area contributed by atoms with E-state index in [2.05, 4.69) is 29.6 Å². The second-order valence-electron chi connectivity index (χ2n) is 7.60. The van der Waals surface area contributed by atoms with Crippen molar-refractivity contribution in [3.05, 3.63) is 35.2 Å². The first-order valence-corrected chi connectivity index (χ1v) is 9.30. The Labute approximate surface area is 130 Å². The summed E-state index contributed by atoms with van der Waals surface area (Å²) in [5, 5.41) is 15.0. The summed E-state index contributed by atoms with van der Waals surface area (Å²) in [5.74, 6) is 3.18. The molecule has 2 aromatic rings. The molecule has 0 radical (unpaired) electrons. The molecule has 3 aliphatic carbocycles. The van der Waals surface area contributed by atoms with Crippen LogP contribution in [0.4, 0.5) is 0 Å². The predicted octanol–water partition coefficient (Wildman–Crippen LogP) is 4.63.